The normalized spacial score (nSPS) is 30.4. The molecule has 0 aromatic rings. The lowest BCUT2D eigenvalue weighted by atomic mass is 9.90. The van der Waals surface area contributed by atoms with Gasteiger partial charge in [0.25, 0.3) is 0 Å². The Kier molecular flexibility index (Phi) is 5.58. The lowest BCUT2D eigenvalue weighted by Gasteiger charge is -2.39. The number of piperidine rings is 1. The van der Waals surface area contributed by atoms with E-state index in [4.69, 9.17) is 0 Å². The molecule has 3 unspecified atom stereocenters. The zero-order valence-electron chi connectivity index (χ0n) is 10.4. The van der Waals surface area contributed by atoms with Gasteiger partial charge < -0.3 is 15.3 Å². The second-order valence-corrected chi connectivity index (χ2v) is 4.84. The number of aliphatic hydroxyl groups excluding tert-OH is 1. The van der Waals surface area contributed by atoms with Crippen molar-refractivity contribution in [1.29, 1.82) is 0 Å². The Bertz CT molecular complexity index is 173. The van der Waals surface area contributed by atoms with Crippen molar-refractivity contribution in [2.45, 2.75) is 45.3 Å². The second-order valence-electron chi connectivity index (χ2n) is 4.84. The first-order valence-corrected chi connectivity index (χ1v) is 6.25. The van der Waals surface area contributed by atoms with E-state index in [0.717, 1.165) is 19.5 Å². The van der Waals surface area contributed by atoms with Gasteiger partial charge in [-0.15, -0.1) is 0 Å². The number of nitrogens with zero attached hydrogens (tertiary/aromatic N) is 1. The minimum absolute atomic E-state index is 0.176. The SMILES string of the molecule is CCCCN1CC(NC)CC(C(C)O)C1. The Morgan fingerprint density at radius 1 is 1.47 bits per heavy atom. The van der Waals surface area contributed by atoms with E-state index < -0.39 is 0 Å². The maximum atomic E-state index is 9.68. The van der Waals surface area contributed by atoms with Crippen molar-refractivity contribution in [1.82, 2.24) is 10.2 Å². The summed E-state index contributed by atoms with van der Waals surface area (Å²) in [7, 11) is 2.02. The predicted octanol–water partition coefficient (Wildman–Crippen LogP) is 1.08. The van der Waals surface area contributed by atoms with Crippen molar-refractivity contribution in [3.8, 4) is 0 Å². The fourth-order valence-electron chi connectivity index (χ4n) is 2.36. The van der Waals surface area contributed by atoms with Gasteiger partial charge in [0.2, 0.25) is 0 Å². The van der Waals surface area contributed by atoms with Gasteiger partial charge in [-0.05, 0) is 39.3 Å². The zero-order chi connectivity index (χ0) is 11.3. The summed E-state index contributed by atoms with van der Waals surface area (Å²) in [5.41, 5.74) is 0. The summed E-state index contributed by atoms with van der Waals surface area (Å²) >= 11 is 0. The topological polar surface area (TPSA) is 35.5 Å². The van der Waals surface area contributed by atoms with Crippen molar-refractivity contribution in [2.75, 3.05) is 26.7 Å². The molecule has 0 aromatic carbocycles. The van der Waals surface area contributed by atoms with Gasteiger partial charge in [-0.2, -0.15) is 0 Å². The number of nitrogens with one attached hydrogen (secondary N) is 1. The van der Waals surface area contributed by atoms with Crippen molar-refractivity contribution < 1.29 is 5.11 Å². The highest BCUT2D eigenvalue weighted by Crippen LogP contribution is 2.20. The van der Waals surface area contributed by atoms with Crippen LogP contribution in [0.25, 0.3) is 0 Å². The lowest BCUT2D eigenvalue weighted by Crippen LogP contribution is -2.50. The summed E-state index contributed by atoms with van der Waals surface area (Å²) in [5, 5.41) is 13.0. The van der Waals surface area contributed by atoms with Gasteiger partial charge in [0.15, 0.2) is 0 Å². The molecule has 0 spiro atoms. The summed E-state index contributed by atoms with van der Waals surface area (Å²) in [6, 6.07) is 0.551. The van der Waals surface area contributed by atoms with E-state index in [2.05, 4.69) is 17.1 Å². The third kappa shape index (κ3) is 4.09. The summed E-state index contributed by atoms with van der Waals surface area (Å²) in [6.45, 7) is 7.53. The Labute approximate surface area is 93.9 Å². The fourth-order valence-corrected chi connectivity index (χ4v) is 2.36. The zero-order valence-corrected chi connectivity index (χ0v) is 10.4. The first-order chi connectivity index (χ1) is 7.17. The van der Waals surface area contributed by atoms with Gasteiger partial charge in [-0.25, -0.2) is 0 Å². The molecule has 1 fully saturated rings. The molecule has 0 aromatic heterocycles. The molecule has 0 saturated carbocycles. The summed E-state index contributed by atoms with van der Waals surface area (Å²) in [4.78, 5) is 2.49. The van der Waals surface area contributed by atoms with Crippen molar-refractivity contribution in [3.63, 3.8) is 0 Å². The number of hydrogen-bond donors (Lipinski definition) is 2. The average molecular weight is 214 g/mol. The van der Waals surface area contributed by atoms with E-state index in [0.29, 0.717) is 12.0 Å². The number of hydrogen-bond acceptors (Lipinski definition) is 3. The molecule has 3 nitrogen and oxygen atoms in total. The van der Waals surface area contributed by atoms with Crippen LogP contribution in [0.2, 0.25) is 0 Å². The number of likely N-dealkylation sites (tertiary alicyclic amines) is 1. The highest BCUT2D eigenvalue weighted by Gasteiger charge is 2.28. The molecule has 0 radical (unpaired) electrons. The molecule has 1 saturated heterocycles. The van der Waals surface area contributed by atoms with E-state index in [9.17, 15) is 5.11 Å². The summed E-state index contributed by atoms with van der Waals surface area (Å²) in [5.74, 6) is 0.438. The highest BCUT2D eigenvalue weighted by atomic mass is 16.3. The van der Waals surface area contributed by atoms with Crippen LogP contribution in [0.5, 0.6) is 0 Å². The molecule has 1 rings (SSSR count). The molecule has 2 N–H and O–H groups in total. The molecule has 3 atom stereocenters. The van der Waals surface area contributed by atoms with Crippen molar-refractivity contribution in [2.24, 2.45) is 5.92 Å². The molecular weight excluding hydrogens is 188 g/mol. The van der Waals surface area contributed by atoms with Crippen LogP contribution in [-0.2, 0) is 0 Å². The largest absolute Gasteiger partial charge is 0.393 e. The van der Waals surface area contributed by atoms with Crippen LogP contribution in [0.15, 0.2) is 0 Å². The van der Waals surface area contributed by atoms with Crippen LogP contribution in [0.4, 0.5) is 0 Å². The van der Waals surface area contributed by atoms with E-state index in [1.165, 1.54) is 19.4 Å². The van der Waals surface area contributed by atoms with E-state index >= 15 is 0 Å². The quantitative estimate of drug-likeness (QED) is 0.719. The third-order valence-electron chi connectivity index (χ3n) is 3.48. The van der Waals surface area contributed by atoms with Crippen LogP contribution in [-0.4, -0.2) is 48.8 Å². The van der Waals surface area contributed by atoms with Crippen LogP contribution >= 0.6 is 0 Å². The molecule has 0 aliphatic carbocycles. The molecule has 0 bridgehead atoms. The van der Waals surface area contributed by atoms with Crippen LogP contribution in [0.1, 0.15) is 33.1 Å². The van der Waals surface area contributed by atoms with Gasteiger partial charge in [0.1, 0.15) is 0 Å². The lowest BCUT2D eigenvalue weighted by molar-refractivity contribution is 0.0490. The summed E-state index contributed by atoms with van der Waals surface area (Å²) in [6.07, 6.45) is 3.45. The second kappa shape index (κ2) is 6.46. The molecule has 15 heavy (non-hydrogen) atoms. The minimum Gasteiger partial charge on any atom is -0.393 e. The molecule has 1 aliphatic heterocycles. The number of aliphatic hydroxyl groups is 1. The van der Waals surface area contributed by atoms with E-state index in [-0.39, 0.29) is 6.10 Å². The first-order valence-electron chi connectivity index (χ1n) is 6.25. The standard InChI is InChI=1S/C12H26N2O/c1-4-5-6-14-8-11(10(2)15)7-12(9-14)13-3/h10-13,15H,4-9H2,1-3H3. The fraction of sp³-hybridized carbons (Fsp3) is 1.00. The predicted molar refractivity (Wildman–Crippen MR) is 64.0 cm³/mol. The Morgan fingerprint density at radius 2 is 2.20 bits per heavy atom. The van der Waals surface area contributed by atoms with Gasteiger partial charge >= 0.3 is 0 Å². The monoisotopic (exact) mass is 214 g/mol. The summed E-state index contributed by atoms with van der Waals surface area (Å²) < 4.78 is 0. The van der Waals surface area contributed by atoms with Crippen molar-refractivity contribution >= 4 is 0 Å². The maximum absolute atomic E-state index is 9.68. The van der Waals surface area contributed by atoms with Crippen molar-refractivity contribution in [3.05, 3.63) is 0 Å². The third-order valence-corrected chi connectivity index (χ3v) is 3.48. The van der Waals surface area contributed by atoms with Crippen LogP contribution in [0.3, 0.4) is 0 Å². The Hall–Kier alpha value is -0.120. The maximum Gasteiger partial charge on any atom is 0.0553 e. The number of likely N-dealkylation sites (N-methyl/N-ethyl adjacent to an activating group) is 1. The Morgan fingerprint density at radius 3 is 2.73 bits per heavy atom. The molecule has 1 heterocycles. The van der Waals surface area contributed by atoms with E-state index in [1.807, 2.05) is 14.0 Å². The van der Waals surface area contributed by atoms with Crippen LogP contribution < -0.4 is 5.32 Å². The van der Waals surface area contributed by atoms with Gasteiger partial charge in [-0.1, -0.05) is 13.3 Å². The molecule has 1 aliphatic rings. The molecular formula is C12H26N2O. The number of unbranched alkanes of at least 4 members (excludes halogenated alkanes) is 1. The van der Waals surface area contributed by atoms with Crippen LogP contribution in [0, 0.1) is 5.92 Å². The minimum atomic E-state index is -0.176. The smallest absolute Gasteiger partial charge is 0.0553 e. The Balaban J connectivity index is 2.43. The molecule has 3 heteroatoms. The highest BCUT2D eigenvalue weighted by molar-refractivity contribution is 4.84. The van der Waals surface area contributed by atoms with Gasteiger partial charge in [0, 0.05) is 19.1 Å². The average Bonchev–Trinajstić information content (AvgIpc) is 2.25. The molecule has 90 valence electrons. The van der Waals surface area contributed by atoms with E-state index in [1.54, 1.807) is 0 Å². The van der Waals surface area contributed by atoms with Gasteiger partial charge in [0.05, 0.1) is 6.10 Å². The molecule has 0 amide bonds. The number of rotatable bonds is 5. The van der Waals surface area contributed by atoms with Gasteiger partial charge in [-0.3, -0.25) is 0 Å². The first kappa shape index (κ1) is 12.9.